The Labute approximate surface area is 106 Å². The van der Waals surface area contributed by atoms with Crippen LogP contribution in [0.15, 0.2) is 36.4 Å². The molecule has 0 atom stereocenters. The molecule has 4 heteroatoms. The van der Waals surface area contributed by atoms with Crippen LogP contribution in [-0.2, 0) is 13.2 Å². The summed E-state index contributed by atoms with van der Waals surface area (Å²) >= 11 is 0. The topological polar surface area (TPSA) is 62.6 Å². The minimum absolute atomic E-state index is 0.0274. The van der Waals surface area contributed by atoms with Crippen LogP contribution < -0.4 is 4.74 Å². The van der Waals surface area contributed by atoms with Crippen molar-refractivity contribution in [3.05, 3.63) is 53.2 Å². The van der Waals surface area contributed by atoms with Gasteiger partial charge in [-0.2, -0.15) is 0 Å². The molecule has 0 bridgehead atoms. The van der Waals surface area contributed by atoms with Gasteiger partial charge in [0, 0.05) is 11.8 Å². The van der Waals surface area contributed by atoms with Gasteiger partial charge in [-0.25, -0.2) is 4.98 Å². The number of aryl methyl sites for hydroxylation is 1. The van der Waals surface area contributed by atoms with Crippen LogP contribution in [0.25, 0.3) is 0 Å². The van der Waals surface area contributed by atoms with Crippen LogP contribution in [0, 0.1) is 6.92 Å². The van der Waals surface area contributed by atoms with Crippen molar-refractivity contribution in [2.75, 3.05) is 0 Å². The monoisotopic (exact) mass is 245 g/mol. The summed E-state index contributed by atoms with van der Waals surface area (Å²) in [4.78, 5) is 4.24. The molecule has 0 spiro atoms. The maximum Gasteiger partial charge on any atom is 0.219 e. The highest BCUT2D eigenvalue weighted by molar-refractivity contribution is 5.33. The maximum absolute atomic E-state index is 9.12. The van der Waals surface area contributed by atoms with Crippen LogP contribution in [0.4, 0.5) is 0 Å². The molecule has 0 saturated heterocycles. The van der Waals surface area contributed by atoms with Crippen LogP contribution in [-0.4, -0.2) is 15.2 Å². The van der Waals surface area contributed by atoms with Crippen molar-refractivity contribution in [3.63, 3.8) is 0 Å². The van der Waals surface area contributed by atoms with Gasteiger partial charge in [0.1, 0.15) is 5.75 Å². The van der Waals surface area contributed by atoms with E-state index in [2.05, 4.69) is 4.98 Å². The van der Waals surface area contributed by atoms with Crippen molar-refractivity contribution in [1.29, 1.82) is 0 Å². The standard InChI is InChI=1S/C14H15NO3/c1-10-5-12(9-17)7-14(15-10)18-13-4-2-3-11(6-13)8-16/h2-7,16-17H,8-9H2,1H3. The molecule has 1 aromatic carbocycles. The zero-order valence-corrected chi connectivity index (χ0v) is 10.1. The largest absolute Gasteiger partial charge is 0.439 e. The average molecular weight is 245 g/mol. The smallest absolute Gasteiger partial charge is 0.219 e. The molecular weight excluding hydrogens is 230 g/mol. The number of hydrogen-bond donors (Lipinski definition) is 2. The number of aromatic nitrogens is 1. The van der Waals surface area contributed by atoms with Crippen molar-refractivity contribution < 1.29 is 14.9 Å². The molecule has 0 aliphatic rings. The van der Waals surface area contributed by atoms with Crippen molar-refractivity contribution in [2.45, 2.75) is 20.1 Å². The Bertz CT molecular complexity index is 540. The lowest BCUT2D eigenvalue weighted by Gasteiger charge is -2.08. The minimum atomic E-state index is -0.0452. The number of rotatable bonds is 4. The van der Waals surface area contributed by atoms with E-state index >= 15 is 0 Å². The second-order valence-electron chi connectivity index (χ2n) is 4.02. The first-order valence-corrected chi connectivity index (χ1v) is 5.67. The normalized spacial score (nSPS) is 10.4. The molecular formula is C14H15NO3. The number of aliphatic hydroxyl groups excluding tert-OH is 2. The van der Waals surface area contributed by atoms with Crippen molar-refractivity contribution in [1.82, 2.24) is 4.98 Å². The quantitative estimate of drug-likeness (QED) is 0.866. The number of ether oxygens (including phenoxy) is 1. The molecule has 2 aromatic rings. The summed E-state index contributed by atoms with van der Waals surface area (Å²) in [5.74, 6) is 1.05. The minimum Gasteiger partial charge on any atom is -0.439 e. The Hall–Kier alpha value is -1.91. The van der Waals surface area contributed by atoms with Gasteiger partial charge in [0.2, 0.25) is 5.88 Å². The number of benzene rings is 1. The summed E-state index contributed by atoms with van der Waals surface area (Å²) in [7, 11) is 0. The zero-order valence-electron chi connectivity index (χ0n) is 10.1. The SMILES string of the molecule is Cc1cc(CO)cc(Oc2cccc(CO)c2)n1. The summed E-state index contributed by atoms with van der Waals surface area (Å²) < 4.78 is 5.61. The van der Waals surface area contributed by atoms with E-state index in [9.17, 15) is 0 Å². The third-order valence-electron chi connectivity index (χ3n) is 2.48. The van der Waals surface area contributed by atoms with Crippen LogP contribution in [0.3, 0.4) is 0 Å². The summed E-state index contributed by atoms with van der Waals surface area (Å²) in [6.07, 6.45) is 0. The molecule has 0 saturated carbocycles. The molecule has 2 N–H and O–H groups in total. The third-order valence-corrected chi connectivity index (χ3v) is 2.48. The number of pyridine rings is 1. The van der Waals surface area contributed by atoms with Gasteiger partial charge in [0.05, 0.1) is 13.2 Å². The fraction of sp³-hybridized carbons (Fsp3) is 0.214. The molecule has 18 heavy (non-hydrogen) atoms. The van der Waals surface area contributed by atoms with E-state index in [1.807, 2.05) is 19.1 Å². The van der Waals surface area contributed by atoms with Crippen LogP contribution in [0.2, 0.25) is 0 Å². The number of aliphatic hydroxyl groups is 2. The molecule has 1 aromatic heterocycles. The molecule has 0 fully saturated rings. The van der Waals surface area contributed by atoms with E-state index in [0.29, 0.717) is 11.6 Å². The van der Waals surface area contributed by atoms with Crippen LogP contribution in [0.5, 0.6) is 11.6 Å². The van der Waals surface area contributed by atoms with Gasteiger partial charge in [-0.1, -0.05) is 12.1 Å². The first-order valence-electron chi connectivity index (χ1n) is 5.67. The highest BCUT2D eigenvalue weighted by Gasteiger charge is 2.03. The molecule has 0 amide bonds. The summed E-state index contributed by atoms with van der Waals surface area (Å²) in [6.45, 7) is 1.77. The summed E-state index contributed by atoms with van der Waals surface area (Å²) in [6, 6.07) is 10.7. The zero-order chi connectivity index (χ0) is 13.0. The Morgan fingerprint density at radius 2 is 1.83 bits per heavy atom. The van der Waals surface area contributed by atoms with Gasteiger partial charge in [-0.15, -0.1) is 0 Å². The molecule has 4 nitrogen and oxygen atoms in total. The first kappa shape index (κ1) is 12.5. The lowest BCUT2D eigenvalue weighted by atomic mass is 10.2. The van der Waals surface area contributed by atoms with Crippen molar-refractivity contribution in [3.8, 4) is 11.6 Å². The molecule has 1 heterocycles. The molecule has 94 valence electrons. The second kappa shape index (κ2) is 5.62. The van der Waals surface area contributed by atoms with Gasteiger partial charge in [-0.05, 0) is 36.2 Å². The Kier molecular flexibility index (Phi) is 3.92. The average Bonchev–Trinajstić information content (AvgIpc) is 2.38. The molecule has 0 unspecified atom stereocenters. The fourth-order valence-electron chi connectivity index (χ4n) is 1.68. The lowest BCUT2D eigenvalue weighted by Crippen LogP contribution is -1.94. The Morgan fingerprint density at radius 1 is 1.06 bits per heavy atom. The molecule has 0 aliphatic heterocycles. The molecule has 2 rings (SSSR count). The predicted molar refractivity (Wildman–Crippen MR) is 67.3 cm³/mol. The second-order valence-corrected chi connectivity index (χ2v) is 4.02. The van der Waals surface area contributed by atoms with Gasteiger partial charge >= 0.3 is 0 Å². The van der Waals surface area contributed by atoms with Gasteiger partial charge < -0.3 is 14.9 Å². The lowest BCUT2D eigenvalue weighted by molar-refractivity contribution is 0.280. The summed E-state index contributed by atoms with van der Waals surface area (Å²) in [5, 5.41) is 18.2. The maximum atomic E-state index is 9.12. The summed E-state index contributed by atoms with van der Waals surface area (Å²) in [5.41, 5.74) is 2.33. The fourth-order valence-corrected chi connectivity index (χ4v) is 1.68. The molecule has 0 radical (unpaired) electrons. The van der Waals surface area contributed by atoms with Crippen LogP contribution >= 0.6 is 0 Å². The number of hydrogen-bond acceptors (Lipinski definition) is 4. The van der Waals surface area contributed by atoms with Crippen molar-refractivity contribution in [2.24, 2.45) is 0 Å². The Morgan fingerprint density at radius 3 is 2.56 bits per heavy atom. The number of nitrogens with zero attached hydrogens (tertiary/aromatic N) is 1. The van der Waals surface area contributed by atoms with E-state index in [1.165, 1.54) is 0 Å². The van der Waals surface area contributed by atoms with Gasteiger partial charge in [0.15, 0.2) is 0 Å². The third kappa shape index (κ3) is 3.06. The first-order chi connectivity index (χ1) is 8.71. The van der Waals surface area contributed by atoms with E-state index in [0.717, 1.165) is 16.8 Å². The Balaban J connectivity index is 2.24. The molecule has 0 aliphatic carbocycles. The highest BCUT2D eigenvalue weighted by Crippen LogP contribution is 2.22. The predicted octanol–water partition coefficient (Wildman–Crippen LogP) is 2.17. The van der Waals surface area contributed by atoms with E-state index in [1.54, 1.807) is 24.3 Å². The highest BCUT2D eigenvalue weighted by atomic mass is 16.5. The van der Waals surface area contributed by atoms with E-state index in [4.69, 9.17) is 14.9 Å². The van der Waals surface area contributed by atoms with Crippen molar-refractivity contribution >= 4 is 0 Å². The van der Waals surface area contributed by atoms with Crippen LogP contribution in [0.1, 0.15) is 16.8 Å². The van der Waals surface area contributed by atoms with Gasteiger partial charge in [-0.3, -0.25) is 0 Å². The van der Waals surface area contributed by atoms with Gasteiger partial charge in [0.25, 0.3) is 0 Å². The van der Waals surface area contributed by atoms with E-state index in [-0.39, 0.29) is 13.2 Å². The van der Waals surface area contributed by atoms with E-state index < -0.39 is 0 Å².